The first-order valence-corrected chi connectivity index (χ1v) is 5.35. The highest BCUT2D eigenvalue weighted by Crippen LogP contribution is 2.13. The maximum absolute atomic E-state index is 11.4. The molecule has 1 rings (SSSR count). The molecule has 0 bridgehead atoms. The zero-order valence-corrected chi connectivity index (χ0v) is 10.6. The van der Waals surface area contributed by atoms with E-state index in [4.69, 9.17) is 0 Å². The lowest BCUT2D eigenvalue weighted by molar-refractivity contribution is -0.141. The second kappa shape index (κ2) is 5.64. The molecule has 0 aromatic carbocycles. The number of nitrogens with zero attached hydrogens (tertiary/aromatic N) is 2. The molecule has 0 atom stereocenters. The predicted molar refractivity (Wildman–Crippen MR) is 59.7 cm³/mol. The monoisotopic (exact) mass is 289 g/mol. The van der Waals surface area contributed by atoms with Gasteiger partial charge in [0.05, 0.1) is 23.5 Å². The summed E-state index contributed by atoms with van der Waals surface area (Å²) in [6, 6.07) is 0. The fourth-order valence-electron chi connectivity index (χ4n) is 1.02. The number of hydrogen-bond acceptors (Lipinski definition) is 4. The molecule has 16 heavy (non-hydrogen) atoms. The molecule has 0 saturated carbocycles. The lowest BCUT2D eigenvalue weighted by Gasteiger charge is -2.05. The number of methoxy groups -OCH3 is 1. The van der Waals surface area contributed by atoms with E-state index in [1.54, 1.807) is 6.20 Å². The van der Waals surface area contributed by atoms with Crippen molar-refractivity contribution in [2.75, 3.05) is 13.7 Å². The van der Waals surface area contributed by atoms with Gasteiger partial charge in [-0.05, 0) is 22.9 Å². The first-order chi connectivity index (χ1) is 7.54. The van der Waals surface area contributed by atoms with Crippen molar-refractivity contribution in [1.29, 1.82) is 0 Å². The lowest BCUT2D eigenvalue weighted by atomic mass is 10.4. The number of carbonyl (C=O) groups excluding carboxylic acids is 2. The molecule has 1 amide bonds. The highest BCUT2D eigenvalue weighted by Gasteiger charge is 2.09. The van der Waals surface area contributed by atoms with E-state index in [0.717, 1.165) is 10.2 Å². The molecule has 0 fully saturated rings. The van der Waals surface area contributed by atoms with Gasteiger partial charge in [-0.3, -0.25) is 14.3 Å². The van der Waals surface area contributed by atoms with Crippen molar-refractivity contribution in [3.8, 4) is 0 Å². The third kappa shape index (κ3) is 3.34. The van der Waals surface area contributed by atoms with Crippen molar-refractivity contribution in [2.24, 2.45) is 0 Å². The van der Waals surface area contributed by atoms with Crippen LogP contribution in [0.2, 0.25) is 0 Å². The van der Waals surface area contributed by atoms with E-state index >= 15 is 0 Å². The van der Waals surface area contributed by atoms with Crippen LogP contribution in [-0.2, 0) is 20.9 Å². The third-order valence-electron chi connectivity index (χ3n) is 1.99. The Labute approximate surface area is 101 Å². The Hall–Kier alpha value is -1.37. The van der Waals surface area contributed by atoms with Crippen LogP contribution in [0.15, 0.2) is 10.7 Å². The Bertz CT molecular complexity index is 403. The van der Waals surface area contributed by atoms with Gasteiger partial charge in [0.15, 0.2) is 0 Å². The van der Waals surface area contributed by atoms with Gasteiger partial charge in [-0.25, -0.2) is 0 Å². The maximum atomic E-state index is 11.4. The Morgan fingerprint density at radius 3 is 2.81 bits per heavy atom. The summed E-state index contributed by atoms with van der Waals surface area (Å²) >= 11 is 3.29. The van der Waals surface area contributed by atoms with E-state index in [2.05, 4.69) is 31.1 Å². The third-order valence-corrected chi connectivity index (χ3v) is 2.77. The number of rotatable bonds is 4. The molecule has 88 valence electrons. The van der Waals surface area contributed by atoms with Crippen LogP contribution in [0.25, 0.3) is 0 Å². The Morgan fingerprint density at radius 2 is 2.31 bits per heavy atom. The van der Waals surface area contributed by atoms with Gasteiger partial charge in [0.1, 0.15) is 13.1 Å². The summed E-state index contributed by atoms with van der Waals surface area (Å²) in [4.78, 5) is 22.2. The van der Waals surface area contributed by atoms with Gasteiger partial charge in [0.25, 0.3) is 0 Å². The zero-order valence-electron chi connectivity index (χ0n) is 8.99. The number of halogens is 1. The fraction of sp³-hybridized carbons (Fsp3) is 0.444. The highest BCUT2D eigenvalue weighted by molar-refractivity contribution is 9.10. The normalized spacial score (nSPS) is 9.94. The van der Waals surface area contributed by atoms with Gasteiger partial charge in [0, 0.05) is 0 Å². The van der Waals surface area contributed by atoms with Crippen molar-refractivity contribution in [2.45, 2.75) is 13.5 Å². The molecule has 0 saturated heterocycles. The van der Waals surface area contributed by atoms with Gasteiger partial charge < -0.3 is 10.1 Å². The number of hydrogen-bond donors (Lipinski definition) is 1. The van der Waals surface area contributed by atoms with Crippen LogP contribution in [0.3, 0.4) is 0 Å². The minimum atomic E-state index is -0.480. The summed E-state index contributed by atoms with van der Waals surface area (Å²) in [6.07, 6.45) is 1.61. The van der Waals surface area contributed by atoms with Crippen LogP contribution < -0.4 is 5.32 Å². The Balaban J connectivity index is 2.46. The smallest absolute Gasteiger partial charge is 0.325 e. The topological polar surface area (TPSA) is 73.2 Å². The Kier molecular flexibility index (Phi) is 4.48. The predicted octanol–water partition coefficient (Wildman–Crippen LogP) is 0.243. The minimum absolute atomic E-state index is 0.0778. The van der Waals surface area contributed by atoms with Gasteiger partial charge >= 0.3 is 5.97 Å². The van der Waals surface area contributed by atoms with Crippen molar-refractivity contribution in [1.82, 2.24) is 15.1 Å². The molecule has 0 aliphatic rings. The maximum Gasteiger partial charge on any atom is 0.325 e. The molecular weight excluding hydrogens is 278 g/mol. The number of esters is 1. The number of carbonyl (C=O) groups is 2. The minimum Gasteiger partial charge on any atom is -0.468 e. The van der Waals surface area contributed by atoms with Crippen molar-refractivity contribution < 1.29 is 14.3 Å². The molecule has 1 aromatic rings. The molecule has 1 N–H and O–H groups in total. The highest BCUT2D eigenvalue weighted by atomic mass is 79.9. The van der Waals surface area contributed by atoms with Crippen molar-refractivity contribution in [3.63, 3.8) is 0 Å². The van der Waals surface area contributed by atoms with E-state index in [0.29, 0.717) is 0 Å². The summed E-state index contributed by atoms with van der Waals surface area (Å²) in [5.74, 6) is -0.768. The Morgan fingerprint density at radius 1 is 1.62 bits per heavy atom. The molecule has 1 heterocycles. The van der Waals surface area contributed by atoms with E-state index in [1.807, 2.05) is 6.92 Å². The van der Waals surface area contributed by atoms with E-state index in [9.17, 15) is 9.59 Å². The molecule has 0 radical (unpaired) electrons. The van der Waals surface area contributed by atoms with Gasteiger partial charge in [-0.15, -0.1) is 0 Å². The van der Waals surface area contributed by atoms with E-state index < -0.39 is 5.97 Å². The summed E-state index contributed by atoms with van der Waals surface area (Å²) in [6.45, 7) is 1.79. The van der Waals surface area contributed by atoms with Crippen LogP contribution in [0.4, 0.5) is 0 Å². The molecule has 7 heteroatoms. The van der Waals surface area contributed by atoms with Gasteiger partial charge in [-0.1, -0.05) is 0 Å². The van der Waals surface area contributed by atoms with Crippen LogP contribution in [0, 0.1) is 6.92 Å². The SMILES string of the molecule is COC(=O)CNC(=O)Cn1ncc(Br)c1C. The van der Waals surface area contributed by atoms with Crippen LogP contribution in [0.5, 0.6) is 0 Å². The van der Waals surface area contributed by atoms with Crippen LogP contribution in [0.1, 0.15) is 5.69 Å². The van der Waals surface area contributed by atoms with Gasteiger partial charge in [0.2, 0.25) is 5.91 Å². The molecule has 0 aliphatic carbocycles. The average Bonchev–Trinajstić information content (AvgIpc) is 2.57. The summed E-state index contributed by atoms with van der Waals surface area (Å²) in [5.41, 5.74) is 0.855. The first-order valence-electron chi connectivity index (χ1n) is 4.56. The van der Waals surface area contributed by atoms with Gasteiger partial charge in [-0.2, -0.15) is 5.10 Å². The summed E-state index contributed by atoms with van der Waals surface area (Å²) in [7, 11) is 1.27. The van der Waals surface area contributed by atoms with Crippen molar-refractivity contribution in [3.05, 3.63) is 16.4 Å². The zero-order chi connectivity index (χ0) is 12.1. The molecule has 0 spiro atoms. The van der Waals surface area contributed by atoms with Crippen LogP contribution >= 0.6 is 15.9 Å². The van der Waals surface area contributed by atoms with E-state index in [1.165, 1.54) is 11.8 Å². The van der Waals surface area contributed by atoms with Crippen molar-refractivity contribution >= 4 is 27.8 Å². The standard InChI is InChI=1S/C9H12BrN3O3/c1-6-7(10)3-12-13(6)5-8(14)11-4-9(15)16-2/h3H,4-5H2,1-2H3,(H,11,14). The quantitative estimate of drug-likeness (QED) is 0.806. The number of nitrogens with one attached hydrogen (secondary N) is 1. The number of amides is 1. The first kappa shape index (κ1) is 12.7. The van der Waals surface area contributed by atoms with E-state index in [-0.39, 0.29) is 19.0 Å². The molecule has 0 unspecified atom stereocenters. The largest absolute Gasteiger partial charge is 0.468 e. The molecule has 6 nitrogen and oxygen atoms in total. The molecule has 1 aromatic heterocycles. The second-order valence-corrected chi connectivity index (χ2v) is 3.94. The fourth-order valence-corrected chi connectivity index (χ4v) is 1.31. The molecular formula is C9H12BrN3O3. The molecule has 0 aliphatic heterocycles. The van der Waals surface area contributed by atoms with Crippen LogP contribution in [-0.4, -0.2) is 35.3 Å². The lowest BCUT2D eigenvalue weighted by Crippen LogP contribution is -2.33. The summed E-state index contributed by atoms with van der Waals surface area (Å²) < 4.78 is 6.77. The number of aromatic nitrogens is 2. The summed E-state index contributed by atoms with van der Waals surface area (Å²) in [5, 5.41) is 6.42. The average molecular weight is 290 g/mol. The number of ether oxygens (including phenoxy) is 1. The second-order valence-electron chi connectivity index (χ2n) is 3.09.